The van der Waals surface area contributed by atoms with Crippen LogP contribution in [0.4, 0.5) is 0 Å². The van der Waals surface area contributed by atoms with E-state index in [0.29, 0.717) is 0 Å². The molecule has 9 heteroatoms. The van der Waals surface area contributed by atoms with Gasteiger partial charge < -0.3 is 13.7 Å². The van der Waals surface area contributed by atoms with E-state index in [0.717, 1.165) is 25.2 Å². The van der Waals surface area contributed by atoms with Gasteiger partial charge in [0.05, 0.1) is 0 Å². The van der Waals surface area contributed by atoms with E-state index >= 15 is 0 Å². The standard InChI is InChI=1S/C7H5N3O5S/c11-16(12,6-3-13-1-2-14-6)15-7-9-4-8-5-10-7/h1-5H. The number of nitrogens with zero attached hydrogens (tertiary/aromatic N) is 3. The van der Waals surface area contributed by atoms with Crippen molar-refractivity contribution in [3.8, 4) is 6.01 Å². The first kappa shape index (κ1) is 10.4. The van der Waals surface area contributed by atoms with Crippen molar-refractivity contribution >= 4 is 10.1 Å². The minimum atomic E-state index is -4.13. The number of aromatic nitrogens is 3. The average molecular weight is 243 g/mol. The minimum Gasteiger partial charge on any atom is -0.465 e. The molecule has 0 amide bonds. The highest BCUT2D eigenvalue weighted by molar-refractivity contribution is 7.90. The maximum atomic E-state index is 11.5. The van der Waals surface area contributed by atoms with E-state index in [1.807, 2.05) is 0 Å². The first-order valence-electron chi connectivity index (χ1n) is 3.92. The number of hydrogen-bond donors (Lipinski definition) is 0. The topological polar surface area (TPSA) is 101 Å². The summed E-state index contributed by atoms with van der Waals surface area (Å²) < 4.78 is 36.9. The third-order valence-corrected chi connectivity index (χ3v) is 2.44. The van der Waals surface area contributed by atoms with Crippen LogP contribution in [-0.4, -0.2) is 23.4 Å². The molecule has 0 saturated carbocycles. The number of rotatable bonds is 3. The smallest absolute Gasteiger partial charge is 0.378 e. The van der Waals surface area contributed by atoms with Gasteiger partial charge in [-0.25, -0.2) is 4.98 Å². The zero-order valence-corrected chi connectivity index (χ0v) is 8.49. The molecule has 0 spiro atoms. The molecule has 1 aromatic rings. The Hall–Kier alpha value is -2.16. The maximum Gasteiger partial charge on any atom is 0.378 e. The fourth-order valence-electron chi connectivity index (χ4n) is 0.778. The predicted molar refractivity (Wildman–Crippen MR) is 48.8 cm³/mol. The molecule has 0 aliphatic carbocycles. The number of ether oxygens (including phenoxy) is 2. The zero-order valence-electron chi connectivity index (χ0n) is 7.68. The number of hydrogen-bond acceptors (Lipinski definition) is 8. The van der Waals surface area contributed by atoms with Crippen molar-refractivity contribution < 1.29 is 22.1 Å². The van der Waals surface area contributed by atoms with E-state index < -0.39 is 15.2 Å². The monoisotopic (exact) mass is 243 g/mol. The first-order chi connectivity index (χ1) is 7.68. The molecular weight excluding hydrogens is 238 g/mol. The maximum absolute atomic E-state index is 11.5. The van der Waals surface area contributed by atoms with Crippen LogP contribution in [0.5, 0.6) is 6.01 Å². The van der Waals surface area contributed by atoms with Gasteiger partial charge in [0.1, 0.15) is 31.4 Å². The molecule has 2 rings (SSSR count). The Morgan fingerprint density at radius 3 is 2.56 bits per heavy atom. The fraction of sp³-hybridized carbons (Fsp3) is 0. The highest BCUT2D eigenvalue weighted by Gasteiger charge is 2.25. The molecule has 0 aromatic carbocycles. The molecule has 0 unspecified atom stereocenters. The molecule has 1 aliphatic rings. The summed E-state index contributed by atoms with van der Waals surface area (Å²) in [7, 11) is -4.13. The van der Waals surface area contributed by atoms with Gasteiger partial charge in [0.15, 0.2) is 0 Å². The SMILES string of the molecule is O=S(=O)(Oc1ncncn1)C1=COC=CO1. The lowest BCUT2D eigenvalue weighted by atomic mass is 10.9. The minimum absolute atomic E-state index is 0.353. The third-order valence-electron chi connectivity index (χ3n) is 1.38. The Balaban J connectivity index is 2.18. The van der Waals surface area contributed by atoms with Gasteiger partial charge in [-0.15, -0.1) is 0 Å². The van der Waals surface area contributed by atoms with Gasteiger partial charge >= 0.3 is 16.1 Å². The van der Waals surface area contributed by atoms with E-state index in [4.69, 9.17) is 0 Å². The van der Waals surface area contributed by atoms with E-state index in [1.54, 1.807) is 0 Å². The van der Waals surface area contributed by atoms with Crippen LogP contribution >= 0.6 is 0 Å². The van der Waals surface area contributed by atoms with E-state index in [1.165, 1.54) is 6.26 Å². The molecule has 1 aliphatic heterocycles. The van der Waals surface area contributed by atoms with Crippen LogP contribution in [0.1, 0.15) is 0 Å². The molecule has 0 saturated heterocycles. The second kappa shape index (κ2) is 4.14. The van der Waals surface area contributed by atoms with Crippen molar-refractivity contribution in [2.75, 3.05) is 0 Å². The van der Waals surface area contributed by atoms with Gasteiger partial charge in [-0.2, -0.15) is 18.4 Å². The molecule has 0 radical (unpaired) electrons. The second-order valence-electron chi connectivity index (χ2n) is 2.42. The van der Waals surface area contributed by atoms with E-state index in [-0.39, 0.29) is 6.01 Å². The molecule has 0 N–H and O–H groups in total. The Labute approximate surface area is 90.3 Å². The fourth-order valence-corrected chi connectivity index (χ4v) is 1.49. The van der Waals surface area contributed by atoms with Gasteiger partial charge in [0.25, 0.3) is 5.09 Å². The van der Waals surface area contributed by atoms with Crippen LogP contribution in [0, 0.1) is 0 Å². The van der Waals surface area contributed by atoms with Gasteiger partial charge in [-0.3, -0.25) is 0 Å². The summed E-state index contributed by atoms with van der Waals surface area (Å²) >= 11 is 0. The molecule has 16 heavy (non-hydrogen) atoms. The molecular formula is C7H5N3O5S. The van der Waals surface area contributed by atoms with Crippen molar-refractivity contribution in [3.63, 3.8) is 0 Å². The van der Waals surface area contributed by atoms with E-state index in [2.05, 4.69) is 28.6 Å². The van der Waals surface area contributed by atoms with Crippen molar-refractivity contribution in [1.29, 1.82) is 0 Å². The van der Waals surface area contributed by atoms with Gasteiger partial charge in [0, 0.05) is 0 Å². The summed E-state index contributed by atoms with van der Waals surface area (Å²) in [5.74, 6) is 0. The van der Waals surface area contributed by atoms with Crippen molar-refractivity contribution in [3.05, 3.63) is 36.5 Å². The lowest BCUT2D eigenvalue weighted by Gasteiger charge is -2.09. The summed E-state index contributed by atoms with van der Waals surface area (Å²) in [6.45, 7) is 0. The lowest BCUT2D eigenvalue weighted by Crippen LogP contribution is -2.15. The Morgan fingerprint density at radius 1 is 1.19 bits per heavy atom. The molecule has 8 nitrogen and oxygen atoms in total. The summed E-state index contributed by atoms with van der Waals surface area (Å²) in [5, 5.41) is -0.490. The molecule has 1 aromatic heterocycles. The van der Waals surface area contributed by atoms with Crippen LogP contribution in [0.3, 0.4) is 0 Å². The van der Waals surface area contributed by atoms with Crippen molar-refractivity contribution in [1.82, 2.24) is 15.0 Å². The Morgan fingerprint density at radius 2 is 1.94 bits per heavy atom. The molecule has 0 fully saturated rings. The average Bonchev–Trinajstić information content (AvgIpc) is 2.31. The highest BCUT2D eigenvalue weighted by atomic mass is 32.2. The normalized spacial score (nSPS) is 14.6. The van der Waals surface area contributed by atoms with Gasteiger partial charge in [-0.05, 0) is 0 Å². The van der Waals surface area contributed by atoms with Gasteiger partial charge in [-0.1, -0.05) is 0 Å². The zero-order chi connectivity index (χ0) is 11.4. The first-order valence-corrected chi connectivity index (χ1v) is 5.33. The largest absolute Gasteiger partial charge is 0.465 e. The van der Waals surface area contributed by atoms with Crippen LogP contribution < -0.4 is 4.18 Å². The van der Waals surface area contributed by atoms with Crippen LogP contribution in [0.25, 0.3) is 0 Å². The molecule has 0 bridgehead atoms. The van der Waals surface area contributed by atoms with Gasteiger partial charge in [0.2, 0.25) is 0 Å². The molecule has 2 heterocycles. The van der Waals surface area contributed by atoms with Crippen LogP contribution in [-0.2, 0) is 19.6 Å². The summed E-state index contributed by atoms with van der Waals surface area (Å²) in [4.78, 5) is 10.5. The Kier molecular flexibility index (Phi) is 2.68. The lowest BCUT2D eigenvalue weighted by molar-refractivity contribution is 0.270. The summed E-state index contributed by atoms with van der Waals surface area (Å²) in [6.07, 6.45) is 5.32. The van der Waals surface area contributed by atoms with Crippen molar-refractivity contribution in [2.24, 2.45) is 0 Å². The van der Waals surface area contributed by atoms with E-state index in [9.17, 15) is 8.42 Å². The van der Waals surface area contributed by atoms with Crippen LogP contribution in [0.15, 0.2) is 36.5 Å². The predicted octanol–water partition coefficient (Wildman–Crippen LogP) is -0.103. The summed E-state index contributed by atoms with van der Waals surface area (Å²) in [5.41, 5.74) is 0. The Bertz CT molecular complexity index is 524. The summed E-state index contributed by atoms with van der Waals surface area (Å²) in [6, 6.07) is -0.353. The second-order valence-corrected chi connectivity index (χ2v) is 3.90. The van der Waals surface area contributed by atoms with Crippen molar-refractivity contribution in [2.45, 2.75) is 0 Å². The molecule has 0 atom stereocenters. The molecule has 84 valence electrons. The quantitative estimate of drug-likeness (QED) is 0.678. The highest BCUT2D eigenvalue weighted by Crippen LogP contribution is 2.16. The van der Waals surface area contributed by atoms with Crippen LogP contribution in [0.2, 0.25) is 0 Å². The third kappa shape index (κ3) is 2.25.